The zero-order valence-electron chi connectivity index (χ0n) is 23.4. The normalized spacial score (nSPS) is 15.8. The van der Waals surface area contributed by atoms with Crippen LogP contribution in [0.15, 0.2) is 48.5 Å². The predicted octanol–water partition coefficient (Wildman–Crippen LogP) is 3.87. The van der Waals surface area contributed by atoms with Crippen LogP contribution in [0, 0.1) is 0 Å². The Labute approximate surface area is 243 Å². The van der Waals surface area contributed by atoms with Crippen molar-refractivity contribution in [1.82, 2.24) is 46.1 Å². The van der Waals surface area contributed by atoms with Crippen LogP contribution in [-0.4, -0.2) is 90.4 Å². The number of likely N-dealkylation sites (tertiary alicyclic amines) is 1. The average Bonchev–Trinajstić information content (AvgIpc) is 3.78. The van der Waals surface area contributed by atoms with Crippen molar-refractivity contribution in [2.75, 3.05) is 26.2 Å². The van der Waals surface area contributed by atoms with Crippen molar-refractivity contribution in [3.05, 3.63) is 59.7 Å². The maximum atomic E-state index is 12.0. The third-order valence-corrected chi connectivity index (χ3v) is 7.36. The van der Waals surface area contributed by atoms with Gasteiger partial charge in [0, 0.05) is 17.7 Å². The molecule has 2 fully saturated rings. The molecule has 1 aliphatic heterocycles. The lowest BCUT2D eigenvalue weighted by molar-refractivity contribution is 0.0211. The Hall–Kier alpha value is -4.52. The quantitative estimate of drug-likeness (QED) is 0.294. The van der Waals surface area contributed by atoms with Gasteiger partial charge in [0.2, 0.25) is 11.6 Å². The third kappa shape index (κ3) is 8.26. The van der Waals surface area contributed by atoms with Crippen LogP contribution in [0.3, 0.4) is 0 Å². The molecule has 13 heteroatoms. The van der Waals surface area contributed by atoms with Gasteiger partial charge in [0.1, 0.15) is 12.7 Å². The predicted molar refractivity (Wildman–Crippen MR) is 152 cm³/mol. The van der Waals surface area contributed by atoms with E-state index in [1.165, 1.54) is 25.7 Å². The minimum absolute atomic E-state index is 0.0770. The van der Waals surface area contributed by atoms with E-state index >= 15 is 0 Å². The fourth-order valence-electron chi connectivity index (χ4n) is 5.02. The Morgan fingerprint density at radius 3 is 1.76 bits per heavy atom. The van der Waals surface area contributed by atoms with Gasteiger partial charge >= 0.3 is 11.9 Å². The van der Waals surface area contributed by atoms with E-state index in [4.69, 9.17) is 9.47 Å². The number of esters is 2. The number of tetrazole rings is 2. The molecular formula is C29H35N9O4. The Morgan fingerprint density at radius 2 is 1.24 bits per heavy atom. The number of nitrogens with one attached hydrogen (secondary N) is 2. The molecule has 1 saturated heterocycles. The highest BCUT2D eigenvalue weighted by atomic mass is 16.5. The van der Waals surface area contributed by atoms with Gasteiger partial charge in [0.05, 0.1) is 11.1 Å². The zero-order chi connectivity index (χ0) is 29.0. The van der Waals surface area contributed by atoms with E-state index < -0.39 is 0 Å². The molecule has 2 aromatic heterocycles. The zero-order valence-corrected chi connectivity index (χ0v) is 23.4. The first-order valence-electron chi connectivity index (χ1n) is 14.4. The molecule has 2 aromatic carbocycles. The molecule has 0 amide bonds. The van der Waals surface area contributed by atoms with E-state index in [1.54, 1.807) is 48.5 Å². The first kappa shape index (κ1) is 29.0. The maximum absolute atomic E-state index is 12.0. The summed E-state index contributed by atoms with van der Waals surface area (Å²) in [5.41, 5.74) is 2.71. The molecule has 0 atom stereocenters. The van der Waals surface area contributed by atoms with Crippen LogP contribution in [0.5, 0.6) is 0 Å². The van der Waals surface area contributed by atoms with Crippen LogP contribution in [0.1, 0.15) is 72.1 Å². The molecule has 1 saturated carbocycles. The fourth-order valence-corrected chi connectivity index (χ4v) is 5.02. The third-order valence-electron chi connectivity index (χ3n) is 7.36. The smallest absolute Gasteiger partial charge is 0.338 e. The van der Waals surface area contributed by atoms with E-state index in [0.717, 1.165) is 56.4 Å². The lowest BCUT2D eigenvalue weighted by Crippen LogP contribution is -2.33. The topological polar surface area (TPSA) is 165 Å². The Balaban J connectivity index is 0.000000169. The minimum Gasteiger partial charge on any atom is -0.461 e. The molecule has 0 spiro atoms. The summed E-state index contributed by atoms with van der Waals surface area (Å²) in [6, 6.07) is 14.1. The molecule has 0 unspecified atom stereocenters. The number of nitrogens with zero attached hydrogens (tertiary/aromatic N) is 7. The fraction of sp³-hybridized carbons (Fsp3) is 0.448. The SMILES string of the molecule is O=C(OC1CCCCC1)c1ccc(-c2nn[nH]n2)cc1.O=C(OCCN1CCCCC1)c1ccc(-c2nn[nH]n2)cc1. The standard InChI is InChI=1S/C15H19N5O2.C14H16N4O2/c21-15(22-11-10-20-8-2-1-3-9-20)13-6-4-12(5-7-13)14-16-18-19-17-14;19-14(20-12-4-2-1-3-5-12)11-8-6-10(7-9-11)13-15-17-18-16-13/h4-7H,1-3,8-11H2,(H,16,17,18,19);6-9,12H,1-5H2,(H,15,16,17,18). The molecule has 13 nitrogen and oxygen atoms in total. The molecule has 3 heterocycles. The summed E-state index contributed by atoms with van der Waals surface area (Å²) in [6.07, 6.45) is 9.36. The molecular weight excluding hydrogens is 538 g/mol. The summed E-state index contributed by atoms with van der Waals surface area (Å²) in [6.45, 7) is 3.46. The van der Waals surface area contributed by atoms with Crippen molar-refractivity contribution < 1.29 is 19.1 Å². The summed E-state index contributed by atoms with van der Waals surface area (Å²) < 4.78 is 10.9. The molecule has 0 bridgehead atoms. The van der Waals surface area contributed by atoms with Crippen LogP contribution in [0.2, 0.25) is 0 Å². The molecule has 4 aromatic rings. The number of rotatable bonds is 8. The second-order valence-corrected chi connectivity index (χ2v) is 10.3. The van der Waals surface area contributed by atoms with E-state index in [2.05, 4.69) is 46.1 Å². The van der Waals surface area contributed by atoms with Gasteiger partial charge in [-0.15, -0.1) is 20.4 Å². The average molecular weight is 574 g/mol. The van der Waals surface area contributed by atoms with Crippen molar-refractivity contribution in [3.8, 4) is 22.8 Å². The monoisotopic (exact) mass is 573 g/mol. The number of aromatic nitrogens is 8. The minimum atomic E-state index is -0.295. The van der Waals surface area contributed by atoms with Crippen molar-refractivity contribution in [2.24, 2.45) is 0 Å². The summed E-state index contributed by atoms with van der Waals surface area (Å²) >= 11 is 0. The maximum Gasteiger partial charge on any atom is 0.338 e. The Bertz CT molecular complexity index is 1370. The van der Waals surface area contributed by atoms with Crippen molar-refractivity contribution >= 4 is 11.9 Å². The van der Waals surface area contributed by atoms with Gasteiger partial charge < -0.3 is 9.47 Å². The number of carbonyl (C=O) groups is 2. The Morgan fingerprint density at radius 1 is 0.714 bits per heavy atom. The van der Waals surface area contributed by atoms with Gasteiger partial charge in [-0.05, 0) is 86.3 Å². The van der Waals surface area contributed by atoms with Crippen LogP contribution in [0.25, 0.3) is 22.8 Å². The van der Waals surface area contributed by atoms with Crippen molar-refractivity contribution in [2.45, 2.75) is 57.5 Å². The van der Waals surface area contributed by atoms with E-state index in [0.29, 0.717) is 29.4 Å². The molecule has 1 aliphatic carbocycles. The van der Waals surface area contributed by atoms with Crippen LogP contribution in [0.4, 0.5) is 0 Å². The van der Waals surface area contributed by atoms with Crippen molar-refractivity contribution in [1.29, 1.82) is 0 Å². The van der Waals surface area contributed by atoms with E-state index in [9.17, 15) is 9.59 Å². The molecule has 6 rings (SSSR count). The number of piperidine rings is 1. The number of carbonyl (C=O) groups excluding carboxylic acids is 2. The second-order valence-electron chi connectivity index (χ2n) is 10.3. The number of aromatic amines is 2. The summed E-state index contributed by atoms with van der Waals surface area (Å²) in [7, 11) is 0. The molecule has 0 radical (unpaired) electrons. The van der Waals surface area contributed by atoms with Crippen molar-refractivity contribution in [3.63, 3.8) is 0 Å². The van der Waals surface area contributed by atoms with Crippen LogP contribution in [-0.2, 0) is 9.47 Å². The highest BCUT2D eigenvalue weighted by molar-refractivity contribution is 5.90. The lowest BCUT2D eigenvalue weighted by atomic mass is 9.98. The summed E-state index contributed by atoms with van der Waals surface area (Å²) in [4.78, 5) is 26.4. The van der Waals surface area contributed by atoms with Gasteiger partial charge in [-0.25, -0.2) is 9.59 Å². The van der Waals surface area contributed by atoms with Gasteiger partial charge in [0.25, 0.3) is 0 Å². The lowest BCUT2D eigenvalue weighted by Gasteiger charge is -2.25. The Kier molecular flexibility index (Phi) is 10.3. The van der Waals surface area contributed by atoms with Gasteiger partial charge in [-0.2, -0.15) is 10.4 Å². The molecule has 2 N–H and O–H groups in total. The van der Waals surface area contributed by atoms with Crippen LogP contribution >= 0.6 is 0 Å². The first-order chi connectivity index (χ1) is 20.7. The number of ether oxygens (including phenoxy) is 2. The van der Waals surface area contributed by atoms with Gasteiger partial charge in [0.15, 0.2) is 0 Å². The molecule has 2 aliphatic rings. The van der Waals surface area contributed by atoms with Crippen LogP contribution < -0.4 is 0 Å². The second kappa shape index (κ2) is 14.9. The first-order valence-corrected chi connectivity index (χ1v) is 14.4. The molecule has 42 heavy (non-hydrogen) atoms. The number of hydrogen-bond acceptors (Lipinski definition) is 11. The van der Waals surface area contributed by atoms with E-state index in [1.807, 2.05) is 0 Å². The highest BCUT2D eigenvalue weighted by Crippen LogP contribution is 2.22. The number of hydrogen-bond donors (Lipinski definition) is 2. The molecule has 220 valence electrons. The van der Waals surface area contributed by atoms with Gasteiger partial charge in [-0.3, -0.25) is 4.90 Å². The number of H-pyrrole nitrogens is 2. The highest BCUT2D eigenvalue weighted by Gasteiger charge is 2.19. The summed E-state index contributed by atoms with van der Waals surface area (Å²) in [5, 5.41) is 27.4. The summed E-state index contributed by atoms with van der Waals surface area (Å²) in [5.74, 6) is 0.468. The number of benzene rings is 2. The van der Waals surface area contributed by atoms with E-state index in [-0.39, 0.29) is 18.0 Å². The largest absolute Gasteiger partial charge is 0.461 e. The van der Waals surface area contributed by atoms with Gasteiger partial charge in [-0.1, -0.05) is 37.1 Å².